The molecule has 2 aromatic carbocycles. The monoisotopic (exact) mass is 452 g/mol. The first-order chi connectivity index (χ1) is 15.3. The summed E-state index contributed by atoms with van der Waals surface area (Å²) >= 11 is 0. The minimum atomic E-state index is -3.80. The van der Waals surface area contributed by atoms with Crippen molar-refractivity contribution in [2.45, 2.75) is 37.8 Å². The molecule has 1 saturated heterocycles. The molecule has 1 amide bonds. The van der Waals surface area contributed by atoms with E-state index in [4.69, 9.17) is 10.9 Å². The Kier molecular flexibility index (Phi) is 5.91. The number of carbonyl (C=O) groups excluding carboxylic acids is 1. The zero-order chi connectivity index (χ0) is 22.9. The fourth-order valence-corrected chi connectivity index (χ4v) is 5.38. The Balaban J connectivity index is 1.53. The number of likely N-dealkylation sites (tertiary alicyclic amines) is 1. The van der Waals surface area contributed by atoms with Gasteiger partial charge in [-0.25, -0.2) is 8.42 Å². The van der Waals surface area contributed by atoms with Gasteiger partial charge < -0.3 is 9.84 Å². The van der Waals surface area contributed by atoms with Gasteiger partial charge >= 0.3 is 0 Å². The van der Waals surface area contributed by atoms with Gasteiger partial charge in [-0.1, -0.05) is 29.4 Å². The fraction of sp³-hybridized carbons (Fsp3) is 0.304. The summed E-state index contributed by atoms with van der Waals surface area (Å²) in [5.41, 5.74) is 3.04. The van der Waals surface area contributed by atoms with Crippen LogP contribution in [0.4, 0.5) is 5.82 Å². The zero-order valence-corrected chi connectivity index (χ0v) is 18.7. The van der Waals surface area contributed by atoms with Gasteiger partial charge in [-0.2, -0.15) is 0 Å². The SMILES string of the molecule is C#CC(=O)NC1CCN(Cc2cc(C)c3c(NS(=O)(=O)c4ccccc4C)noc3c2)C1. The first-order valence-electron chi connectivity index (χ1n) is 10.2. The van der Waals surface area contributed by atoms with Crippen molar-refractivity contribution in [3.05, 3.63) is 53.1 Å². The Hall–Kier alpha value is -3.35. The number of hydrogen-bond donors (Lipinski definition) is 2. The van der Waals surface area contributed by atoms with Crippen LogP contribution in [0, 0.1) is 26.2 Å². The number of fused-ring (bicyclic) bond motifs is 1. The summed E-state index contributed by atoms with van der Waals surface area (Å²) in [5, 5.41) is 7.43. The molecule has 1 unspecified atom stereocenters. The number of hydrogen-bond acceptors (Lipinski definition) is 6. The first kappa shape index (κ1) is 21.9. The molecule has 4 rings (SSSR count). The number of benzene rings is 2. The van der Waals surface area contributed by atoms with Gasteiger partial charge in [-0.15, -0.1) is 6.42 Å². The molecule has 9 heteroatoms. The highest BCUT2D eigenvalue weighted by molar-refractivity contribution is 7.92. The third-order valence-electron chi connectivity index (χ3n) is 5.59. The summed E-state index contributed by atoms with van der Waals surface area (Å²) in [4.78, 5) is 13.8. The molecule has 166 valence electrons. The third kappa shape index (κ3) is 4.47. The fourth-order valence-electron chi connectivity index (χ4n) is 4.12. The average molecular weight is 453 g/mol. The largest absolute Gasteiger partial charge is 0.354 e. The summed E-state index contributed by atoms with van der Waals surface area (Å²) in [7, 11) is -3.80. The number of anilines is 1. The predicted molar refractivity (Wildman–Crippen MR) is 121 cm³/mol. The van der Waals surface area contributed by atoms with Crippen molar-refractivity contribution in [3.8, 4) is 12.3 Å². The van der Waals surface area contributed by atoms with Crippen molar-refractivity contribution in [3.63, 3.8) is 0 Å². The second kappa shape index (κ2) is 8.65. The minimum absolute atomic E-state index is 0.0381. The maximum atomic E-state index is 12.9. The second-order valence-corrected chi connectivity index (χ2v) is 9.68. The van der Waals surface area contributed by atoms with Gasteiger partial charge in [0, 0.05) is 25.7 Å². The molecular formula is C23H24N4O4S. The van der Waals surface area contributed by atoms with Gasteiger partial charge in [0.2, 0.25) is 0 Å². The number of rotatable bonds is 6. The summed E-state index contributed by atoms with van der Waals surface area (Å²) in [5.74, 6) is 1.86. The molecule has 0 aliphatic carbocycles. The number of aromatic nitrogens is 1. The summed E-state index contributed by atoms with van der Waals surface area (Å²) in [6.45, 7) is 5.86. The van der Waals surface area contributed by atoms with E-state index in [-0.39, 0.29) is 16.8 Å². The van der Waals surface area contributed by atoms with E-state index in [9.17, 15) is 13.2 Å². The molecule has 1 aliphatic rings. The van der Waals surface area contributed by atoms with Crippen LogP contribution in [0.15, 0.2) is 45.8 Å². The Labute approximate surface area is 187 Å². The van der Waals surface area contributed by atoms with Gasteiger partial charge in [0.15, 0.2) is 11.4 Å². The highest BCUT2D eigenvalue weighted by Gasteiger charge is 2.25. The van der Waals surface area contributed by atoms with E-state index >= 15 is 0 Å². The molecule has 8 nitrogen and oxygen atoms in total. The Morgan fingerprint density at radius 2 is 2.06 bits per heavy atom. The van der Waals surface area contributed by atoms with Gasteiger partial charge in [0.25, 0.3) is 15.9 Å². The molecule has 3 aromatic rings. The molecule has 0 saturated carbocycles. The van der Waals surface area contributed by atoms with E-state index in [1.165, 1.54) is 0 Å². The van der Waals surface area contributed by atoms with Crippen molar-refractivity contribution in [2.75, 3.05) is 17.8 Å². The summed E-state index contributed by atoms with van der Waals surface area (Å²) < 4.78 is 33.7. The maximum Gasteiger partial charge on any atom is 0.295 e. The first-order valence-corrected chi connectivity index (χ1v) is 11.7. The molecule has 1 atom stereocenters. The van der Waals surface area contributed by atoms with E-state index in [1.54, 1.807) is 31.2 Å². The van der Waals surface area contributed by atoms with E-state index in [0.29, 0.717) is 29.6 Å². The quantitative estimate of drug-likeness (QED) is 0.557. The average Bonchev–Trinajstić information content (AvgIpc) is 3.34. The second-order valence-electron chi connectivity index (χ2n) is 8.03. The van der Waals surface area contributed by atoms with Crippen LogP contribution in [0.25, 0.3) is 11.0 Å². The van der Waals surface area contributed by atoms with E-state index in [2.05, 4.69) is 26.0 Å². The highest BCUT2D eigenvalue weighted by atomic mass is 32.2. The van der Waals surface area contributed by atoms with Crippen molar-refractivity contribution in [1.29, 1.82) is 0 Å². The number of carbonyl (C=O) groups is 1. The minimum Gasteiger partial charge on any atom is -0.354 e. The van der Waals surface area contributed by atoms with Crippen molar-refractivity contribution >= 4 is 32.7 Å². The molecule has 32 heavy (non-hydrogen) atoms. The molecule has 1 aromatic heterocycles. The van der Waals surface area contributed by atoms with Crippen molar-refractivity contribution < 1.29 is 17.7 Å². The zero-order valence-electron chi connectivity index (χ0n) is 17.9. The molecule has 1 fully saturated rings. The summed E-state index contributed by atoms with van der Waals surface area (Å²) in [6.07, 6.45) is 5.96. The number of nitrogens with one attached hydrogen (secondary N) is 2. The topological polar surface area (TPSA) is 105 Å². The van der Waals surface area contributed by atoms with Crippen LogP contribution in [0.1, 0.15) is 23.1 Å². The lowest BCUT2D eigenvalue weighted by Gasteiger charge is -2.16. The number of nitrogens with zero attached hydrogens (tertiary/aromatic N) is 2. The van der Waals surface area contributed by atoms with Gasteiger partial charge in [0.05, 0.1) is 10.3 Å². The van der Waals surface area contributed by atoms with Crippen molar-refractivity contribution in [1.82, 2.24) is 15.4 Å². The van der Waals surface area contributed by atoms with Crippen LogP contribution in [-0.4, -0.2) is 43.5 Å². The maximum absolute atomic E-state index is 12.9. The molecule has 2 heterocycles. The van der Waals surface area contributed by atoms with Gasteiger partial charge in [0.1, 0.15) is 0 Å². The Bertz CT molecular complexity index is 1320. The molecule has 0 radical (unpaired) electrons. The predicted octanol–water partition coefficient (Wildman–Crippen LogP) is 2.57. The molecule has 1 aliphatic heterocycles. The molecule has 2 N–H and O–H groups in total. The van der Waals surface area contributed by atoms with Crippen LogP contribution in [-0.2, 0) is 21.4 Å². The molecule has 0 bridgehead atoms. The standard InChI is InChI=1S/C23H24N4O4S/c1-4-21(28)24-18-9-10-27(14-18)13-17-11-16(3)22-19(12-17)31-25-23(22)26-32(29,30)20-8-6-5-7-15(20)2/h1,5-8,11-12,18H,9-10,13-14H2,2-3H3,(H,24,28)(H,25,26). The summed E-state index contributed by atoms with van der Waals surface area (Å²) in [6, 6.07) is 10.7. The van der Waals surface area contributed by atoms with Gasteiger partial charge in [-0.05, 0) is 55.0 Å². The van der Waals surface area contributed by atoms with Crippen molar-refractivity contribution in [2.24, 2.45) is 0 Å². The molecular weight excluding hydrogens is 428 g/mol. The van der Waals surface area contributed by atoms with Crippen LogP contribution in [0.2, 0.25) is 0 Å². The number of terminal acetylenes is 1. The highest BCUT2D eigenvalue weighted by Crippen LogP contribution is 2.30. The van der Waals surface area contributed by atoms with E-state index in [1.807, 2.05) is 19.1 Å². The number of aryl methyl sites for hydroxylation is 2. The lowest BCUT2D eigenvalue weighted by atomic mass is 10.1. The van der Waals surface area contributed by atoms with Gasteiger partial charge in [-0.3, -0.25) is 14.4 Å². The molecule has 0 spiro atoms. The van der Waals surface area contributed by atoms with E-state index < -0.39 is 15.9 Å². The Morgan fingerprint density at radius 1 is 1.28 bits per heavy atom. The number of sulfonamides is 1. The normalized spacial score (nSPS) is 16.7. The lowest BCUT2D eigenvalue weighted by molar-refractivity contribution is -0.116. The Morgan fingerprint density at radius 3 is 2.81 bits per heavy atom. The van der Waals surface area contributed by atoms with Crippen LogP contribution in [0.5, 0.6) is 0 Å². The lowest BCUT2D eigenvalue weighted by Crippen LogP contribution is -2.36. The van der Waals surface area contributed by atoms with Crippen LogP contribution in [0.3, 0.4) is 0 Å². The van der Waals surface area contributed by atoms with E-state index in [0.717, 1.165) is 24.1 Å². The smallest absolute Gasteiger partial charge is 0.295 e. The number of amides is 1. The third-order valence-corrected chi connectivity index (χ3v) is 7.09. The van der Waals surface area contributed by atoms with Crippen LogP contribution < -0.4 is 10.0 Å². The van der Waals surface area contributed by atoms with Crippen LogP contribution >= 0.6 is 0 Å².